The average molecular weight is 362 g/mol. The minimum Gasteiger partial charge on any atom is -0.322 e. The molecule has 0 aliphatic carbocycles. The van der Waals surface area contributed by atoms with Crippen LogP contribution in [0.1, 0.15) is 36.1 Å². The van der Waals surface area contributed by atoms with E-state index in [9.17, 15) is 9.59 Å². The predicted octanol–water partition coefficient (Wildman–Crippen LogP) is 4.64. The lowest BCUT2D eigenvalue weighted by atomic mass is 10.1. The number of amides is 1. The summed E-state index contributed by atoms with van der Waals surface area (Å²) in [7, 11) is 0. The minimum atomic E-state index is -0.160. The summed E-state index contributed by atoms with van der Waals surface area (Å²) in [6.45, 7) is 10.0. The molecule has 0 aliphatic heterocycles. The maximum Gasteiger partial charge on any atom is 0.253 e. The van der Waals surface area contributed by atoms with Crippen molar-refractivity contribution in [2.45, 2.75) is 41.2 Å². The number of pyridine rings is 1. The zero-order valence-corrected chi connectivity index (χ0v) is 16.6. The van der Waals surface area contributed by atoms with Crippen molar-refractivity contribution in [1.29, 1.82) is 0 Å². The number of hydrogen-bond acceptors (Lipinski definition) is 2. The van der Waals surface area contributed by atoms with E-state index in [2.05, 4.69) is 4.98 Å². The normalized spacial score (nSPS) is 11.2. The Morgan fingerprint density at radius 2 is 1.67 bits per heavy atom. The third-order valence-electron chi connectivity index (χ3n) is 4.82. The molecule has 140 valence electrons. The van der Waals surface area contributed by atoms with E-state index in [1.165, 1.54) is 0 Å². The zero-order valence-electron chi connectivity index (χ0n) is 16.6. The minimum absolute atomic E-state index is 0.00689. The number of nitrogens with one attached hydrogen (secondary N) is 1. The first kappa shape index (κ1) is 18.9. The summed E-state index contributed by atoms with van der Waals surface area (Å²) in [5.41, 5.74) is 5.33. The maximum atomic E-state index is 13.0. The third-order valence-corrected chi connectivity index (χ3v) is 4.82. The van der Waals surface area contributed by atoms with Crippen LogP contribution in [-0.2, 0) is 11.3 Å². The summed E-state index contributed by atoms with van der Waals surface area (Å²) in [5, 5.41) is 0.975. The van der Waals surface area contributed by atoms with Crippen LogP contribution in [0.2, 0.25) is 0 Å². The Hall–Kier alpha value is -2.88. The molecule has 0 fully saturated rings. The van der Waals surface area contributed by atoms with Gasteiger partial charge in [0.15, 0.2) is 0 Å². The van der Waals surface area contributed by atoms with Gasteiger partial charge in [0.2, 0.25) is 5.91 Å². The maximum absolute atomic E-state index is 13.0. The number of aryl methyl sites for hydroxylation is 3. The Bertz CT molecular complexity index is 1060. The second kappa shape index (κ2) is 7.39. The topological polar surface area (TPSA) is 53.2 Å². The largest absolute Gasteiger partial charge is 0.322 e. The third kappa shape index (κ3) is 3.95. The second-order valence-electron chi connectivity index (χ2n) is 7.58. The molecule has 1 N–H and O–H groups in total. The SMILES string of the molecule is Cc1ccc(C)c(N(Cc2cc3cc(C)ccc3[nH]c2=O)C(=O)C(C)C)c1. The van der Waals surface area contributed by atoms with Gasteiger partial charge in [0.25, 0.3) is 5.56 Å². The van der Waals surface area contributed by atoms with Crippen LogP contribution in [0.4, 0.5) is 5.69 Å². The molecule has 3 rings (SSSR count). The molecule has 0 unspecified atom stereocenters. The van der Waals surface area contributed by atoms with Crippen LogP contribution in [0.25, 0.3) is 10.9 Å². The number of aromatic nitrogens is 1. The van der Waals surface area contributed by atoms with Gasteiger partial charge >= 0.3 is 0 Å². The fourth-order valence-corrected chi connectivity index (χ4v) is 3.26. The number of nitrogens with zero attached hydrogens (tertiary/aromatic N) is 1. The lowest BCUT2D eigenvalue weighted by Crippen LogP contribution is -2.36. The van der Waals surface area contributed by atoms with Crippen molar-refractivity contribution >= 4 is 22.5 Å². The van der Waals surface area contributed by atoms with Crippen molar-refractivity contribution in [3.8, 4) is 0 Å². The molecular formula is C23H26N2O2. The van der Waals surface area contributed by atoms with Crippen LogP contribution in [-0.4, -0.2) is 10.9 Å². The van der Waals surface area contributed by atoms with E-state index in [0.29, 0.717) is 5.56 Å². The first-order valence-corrected chi connectivity index (χ1v) is 9.27. The number of rotatable bonds is 4. The highest BCUT2D eigenvalue weighted by molar-refractivity contribution is 5.95. The standard InChI is InChI=1S/C23H26N2O2/c1-14(2)23(27)25(21-11-16(4)6-8-17(21)5)13-19-12-18-10-15(3)7-9-20(18)24-22(19)26/h6-12,14H,13H2,1-5H3,(H,24,26). The molecule has 1 amide bonds. The fourth-order valence-electron chi connectivity index (χ4n) is 3.26. The molecule has 2 aromatic carbocycles. The number of carbonyl (C=O) groups excluding carboxylic acids is 1. The predicted molar refractivity (Wildman–Crippen MR) is 111 cm³/mol. The van der Waals surface area contributed by atoms with Crippen LogP contribution < -0.4 is 10.5 Å². The van der Waals surface area contributed by atoms with E-state index in [1.807, 2.05) is 77.1 Å². The van der Waals surface area contributed by atoms with Gasteiger partial charge in [-0.1, -0.05) is 37.6 Å². The Morgan fingerprint density at radius 1 is 1.00 bits per heavy atom. The van der Waals surface area contributed by atoms with Gasteiger partial charge in [-0.15, -0.1) is 0 Å². The van der Waals surface area contributed by atoms with E-state index in [0.717, 1.165) is 33.3 Å². The van der Waals surface area contributed by atoms with E-state index in [-0.39, 0.29) is 23.9 Å². The van der Waals surface area contributed by atoms with Crippen molar-refractivity contribution in [1.82, 2.24) is 4.98 Å². The molecule has 0 aliphatic rings. The number of benzene rings is 2. The average Bonchev–Trinajstić information content (AvgIpc) is 2.62. The smallest absolute Gasteiger partial charge is 0.253 e. The first-order valence-electron chi connectivity index (χ1n) is 9.27. The monoisotopic (exact) mass is 362 g/mol. The molecule has 0 saturated carbocycles. The van der Waals surface area contributed by atoms with Crippen LogP contribution in [0, 0.1) is 26.7 Å². The van der Waals surface area contributed by atoms with E-state index in [4.69, 9.17) is 0 Å². The second-order valence-corrected chi connectivity index (χ2v) is 7.58. The number of aromatic amines is 1. The molecule has 1 heterocycles. The quantitative estimate of drug-likeness (QED) is 0.735. The lowest BCUT2D eigenvalue weighted by molar-refractivity contribution is -0.121. The number of hydrogen-bond donors (Lipinski definition) is 1. The van der Waals surface area contributed by atoms with Crippen LogP contribution in [0.3, 0.4) is 0 Å². The van der Waals surface area contributed by atoms with Crippen molar-refractivity contribution in [3.63, 3.8) is 0 Å². The summed E-state index contributed by atoms with van der Waals surface area (Å²) in [6.07, 6.45) is 0. The molecule has 0 spiro atoms. The summed E-state index contributed by atoms with van der Waals surface area (Å²) in [5.74, 6) is -0.154. The highest BCUT2D eigenvalue weighted by atomic mass is 16.2. The van der Waals surface area contributed by atoms with E-state index < -0.39 is 0 Å². The summed E-state index contributed by atoms with van der Waals surface area (Å²) in [4.78, 5) is 30.3. The molecule has 0 bridgehead atoms. The molecule has 4 nitrogen and oxygen atoms in total. The van der Waals surface area contributed by atoms with Crippen molar-refractivity contribution < 1.29 is 4.79 Å². The summed E-state index contributed by atoms with van der Waals surface area (Å²) in [6, 6.07) is 13.9. The Morgan fingerprint density at radius 3 is 2.37 bits per heavy atom. The molecule has 0 radical (unpaired) electrons. The van der Waals surface area contributed by atoms with Crippen LogP contribution >= 0.6 is 0 Å². The van der Waals surface area contributed by atoms with Gasteiger partial charge in [0.05, 0.1) is 6.54 Å². The Labute approximate surface area is 159 Å². The van der Waals surface area contributed by atoms with Gasteiger partial charge < -0.3 is 9.88 Å². The fraction of sp³-hybridized carbons (Fsp3) is 0.304. The van der Waals surface area contributed by atoms with E-state index in [1.54, 1.807) is 4.90 Å². The molecule has 1 aromatic heterocycles. The van der Waals surface area contributed by atoms with Gasteiger partial charge in [-0.2, -0.15) is 0 Å². The first-order chi connectivity index (χ1) is 12.8. The summed E-state index contributed by atoms with van der Waals surface area (Å²) >= 11 is 0. The number of fused-ring (bicyclic) bond motifs is 1. The van der Waals surface area contributed by atoms with E-state index >= 15 is 0 Å². The molecule has 4 heteroatoms. The molecule has 0 saturated heterocycles. The number of H-pyrrole nitrogens is 1. The zero-order chi connectivity index (χ0) is 19.7. The summed E-state index contributed by atoms with van der Waals surface area (Å²) < 4.78 is 0. The van der Waals surface area contributed by atoms with Crippen molar-refractivity contribution in [2.75, 3.05) is 4.90 Å². The highest BCUT2D eigenvalue weighted by Crippen LogP contribution is 2.25. The van der Waals surface area contributed by atoms with Gasteiger partial charge in [0.1, 0.15) is 0 Å². The van der Waals surface area contributed by atoms with Gasteiger partial charge in [-0.05, 0) is 61.5 Å². The van der Waals surface area contributed by atoms with Gasteiger partial charge in [-0.25, -0.2) is 0 Å². The Kier molecular flexibility index (Phi) is 5.17. The Balaban J connectivity index is 2.10. The van der Waals surface area contributed by atoms with Crippen molar-refractivity contribution in [2.24, 2.45) is 5.92 Å². The number of carbonyl (C=O) groups is 1. The van der Waals surface area contributed by atoms with Gasteiger partial charge in [0, 0.05) is 22.7 Å². The molecule has 3 aromatic rings. The molecular weight excluding hydrogens is 336 g/mol. The molecule has 27 heavy (non-hydrogen) atoms. The van der Waals surface area contributed by atoms with Crippen LogP contribution in [0.5, 0.6) is 0 Å². The lowest BCUT2D eigenvalue weighted by Gasteiger charge is -2.26. The van der Waals surface area contributed by atoms with Crippen molar-refractivity contribution in [3.05, 3.63) is 75.1 Å². The number of anilines is 1. The van der Waals surface area contributed by atoms with Crippen LogP contribution in [0.15, 0.2) is 47.3 Å². The van der Waals surface area contributed by atoms with Gasteiger partial charge in [-0.3, -0.25) is 9.59 Å². The molecule has 0 atom stereocenters. The highest BCUT2D eigenvalue weighted by Gasteiger charge is 2.22.